The number of hydrogen-bond acceptors (Lipinski definition) is 3. The van der Waals surface area contributed by atoms with E-state index in [9.17, 15) is 0 Å². The molecule has 5 nitrogen and oxygen atoms in total. The first-order valence-corrected chi connectivity index (χ1v) is 5.41. The molecule has 0 radical (unpaired) electrons. The molecule has 0 aromatic carbocycles. The highest BCUT2D eigenvalue weighted by Crippen LogP contribution is 2.19. The van der Waals surface area contributed by atoms with Gasteiger partial charge in [-0.15, -0.1) is 0 Å². The molecule has 0 aliphatic heterocycles. The summed E-state index contributed by atoms with van der Waals surface area (Å²) in [6.07, 6.45) is 1.78. The molecule has 0 saturated carbocycles. The molecule has 2 aromatic rings. The molecule has 0 aliphatic rings. The van der Waals surface area contributed by atoms with Crippen LogP contribution in [0.5, 0.6) is 0 Å². The van der Waals surface area contributed by atoms with E-state index in [1.165, 1.54) is 0 Å². The first-order chi connectivity index (χ1) is 7.63. The number of rotatable bonds is 3. The Morgan fingerprint density at radius 2 is 2.19 bits per heavy atom. The van der Waals surface area contributed by atoms with E-state index < -0.39 is 0 Å². The van der Waals surface area contributed by atoms with E-state index in [4.69, 9.17) is 5.73 Å². The first kappa shape index (κ1) is 10.9. The van der Waals surface area contributed by atoms with Crippen LogP contribution in [0.3, 0.4) is 0 Å². The summed E-state index contributed by atoms with van der Waals surface area (Å²) >= 11 is 0. The van der Waals surface area contributed by atoms with Gasteiger partial charge in [-0.3, -0.25) is 9.36 Å². The van der Waals surface area contributed by atoms with Gasteiger partial charge in [0.2, 0.25) is 0 Å². The van der Waals surface area contributed by atoms with Gasteiger partial charge in [-0.2, -0.15) is 10.2 Å². The van der Waals surface area contributed by atoms with Gasteiger partial charge in [-0.1, -0.05) is 0 Å². The normalized spacial score (nSPS) is 13.0. The smallest absolute Gasteiger partial charge is 0.0893 e. The van der Waals surface area contributed by atoms with E-state index >= 15 is 0 Å². The van der Waals surface area contributed by atoms with E-state index in [1.54, 1.807) is 6.20 Å². The highest BCUT2D eigenvalue weighted by Gasteiger charge is 2.17. The lowest BCUT2D eigenvalue weighted by Crippen LogP contribution is -2.19. The molecule has 1 atom stereocenters. The predicted octanol–water partition coefficient (Wildman–Crippen LogP) is 0.993. The van der Waals surface area contributed by atoms with Crippen molar-refractivity contribution < 1.29 is 0 Å². The lowest BCUT2D eigenvalue weighted by molar-refractivity contribution is 0.578. The maximum Gasteiger partial charge on any atom is 0.0893 e. The topological polar surface area (TPSA) is 61.7 Å². The average molecular weight is 219 g/mol. The molecular formula is C11H17N5. The molecule has 86 valence electrons. The minimum absolute atomic E-state index is 0.173. The fraction of sp³-hybridized carbons (Fsp3) is 0.455. The van der Waals surface area contributed by atoms with Gasteiger partial charge < -0.3 is 5.73 Å². The first-order valence-electron chi connectivity index (χ1n) is 5.41. The quantitative estimate of drug-likeness (QED) is 0.837. The Kier molecular flexibility index (Phi) is 2.78. The molecule has 0 spiro atoms. The van der Waals surface area contributed by atoms with Crippen LogP contribution >= 0.6 is 0 Å². The molecule has 2 heterocycles. The van der Waals surface area contributed by atoms with Crippen LogP contribution < -0.4 is 5.73 Å². The van der Waals surface area contributed by atoms with Crippen molar-refractivity contribution in [1.29, 1.82) is 0 Å². The van der Waals surface area contributed by atoms with Crippen LogP contribution in [0.15, 0.2) is 18.3 Å². The third-order valence-corrected chi connectivity index (χ3v) is 2.72. The fourth-order valence-corrected chi connectivity index (χ4v) is 1.94. The second-order valence-corrected chi connectivity index (χ2v) is 3.88. The van der Waals surface area contributed by atoms with Crippen molar-refractivity contribution in [3.63, 3.8) is 0 Å². The lowest BCUT2D eigenvalue weighted by atomic mass is 10.1. The van der Waals surface area contributed by atoms with Crippen molar-refractivity contribution >= 4 is 0 Å². The van der Waals surface area contributed by atoms with Crippen LogP contribution in [0, 0.1) is 6.92 Å². The summed E-state index contributed by atoms with van der Waals surface area (Å²) in [5, 5.41) is 8.53. The molecule has 2 N–H and O–H groups in total. The Hall–Kier alpha value is -1.62. The fourth-order valence-electron chi connectivity index (χ4n) is 1.94. The van der Waals surface area contributed by atoms with Gasteiger partial charge in [0.05, 0.1) is 23.1 Å². The Morgan fingerprint density at radius 3 is 2.75 bits per heavy atom. The summed E-state index contributed by atoms with van der Waals surface area (Å²) in [6, 6.07) is 3.79. The van der Waals surface area contributed by atoms with Crippen molar-refractivity contribution in [3.8, 4) is 0 Å². The van der Waals surface area contributed by atoms with Gasteiger partial charge in [0.1, 0.15) is 0 Å². The minimum Gasteiger partial charge on any atom is -0.318 e. The Labute approximate surface area is 94.9 Å². The zero-order valence-corrected chi connectivity index (χ0v) is 9.88. The summed E-state index contributed by atoms with van der Waals surface area (Å²) in [7, 11) is 1.91. The number of aromatic nitrogens is 4. The number of nitrogens with two attached hydrogens (primary N) is 1. The van der Waals surface area contributed by atoms with Gasteiger partial charge in [-0.05, 0) is 26.0 Å². The summed E-state index contributed by atoms with van der Waals surface area (Å²) < 4.78 is 3.74. The highest BCUT2D eigenvalue weighted by molar-refractivity contribution is 5.22. The van der Waals surface area contributed by atoms with Gasteiger partial charge in [-0.25, -0.2) is 0 Å². The zero-order chi connectivity index (χ0) is 11.7. The van der Waals surface area contributed by atoms with Crippen LogP contribution in [-0.4, -0.2) is 19.6 Å². The molecule has 2 rings (SSSR count). The predicted molar refractivity (Wildman–Crippen MR) is 61.9 cm³/mol. The second kappa shape index (κ2) is 4.09. The monoisotopic (exact) mass is 219 g/mol. The Bertz CT molecular complexity index is 482. The van der Waals surface area contributed by atoms with E-state index in [0.29, 0.717) is 0 Å². The van der Waals surface area contributed by atoms with Gasteiger partial charge in [0.15, 0.2) is 0 Å². The van der Waals surface area contributed by atoms with Crippen LogP contribution in [0.4, 0.5) is 0 Å². The van der Waals surface area contributed by atoms with Gasteiger partial charge in [0.25, 0.3) is 0 Å². The lowest BCUT2D eigenvalue weighted by Gasteiger charge is -2.13. The van der Waals surface area contributed by atoms with Gasteiger partial charge in [0, 0.05) is 19.8 Å². The molecule has 0 aliphatic carbocycles. The maximum absolute atomic E-state index is 6.23. The van der Waals surface area contributed by atoms with Gasteiger partial charge >= 0.3 is 0 Å². The molecule has 5 heteroatoms. The third kappa shape index (κ3) is 1.74. The molecule has 0 fully saturated rings. The van der Waals surface area contributed by atoms with Crippen LogP contribution in [-0.2, 0) is 13.6 Å². The van der Waals surface area contributed by atoms with Crippen molar-refractivity contribution in [2.75, 3.05) is 0 Å². The third-order valence-electron chi connectivity index (χ3n) is 2.72. The summed E-state index contributed by atoms with van der Waals surface area (Å²) in [5.41, 5.74) is 9.24. The summed E-state index contributed by atoms with van der Waals surface area (Å²) in [6.45, 7) is 4.85. The number of nitrogens with zero attached hydrogens (tertiary/aromatic N) is 4. The number of hydrogen-bond donors (Lipinski definition) is 1. The minimum atomic E-state index is -0.173. The molecule has 0 bridgehead atoms. The Morgan fingerprint density at radius 1 is 1.44 bits per heavy atom. The van der Waals surface area contributed by atoms with Crippen molar-refractivity contribution in [2.24, 2.45) is 12.8 Å². The van der Waals surface area contributed by atoms with E-state index in [2.05, 4.69) is 17.1 Å². The van der Waals surface area contributed by atoms with E-state index in [0.717, 1.165) is 23.6 Å². The molecule has 16 heavy (non-hydrogen) atoms. The molecule has 0 saturated heterocycles. The van der Waals surface area contributed by atoms with Crippen LogP contribution in [0.1, 0.15) is 30.0 Å². The molecule has 2 aromatic heterocycles. The van der Waals surface area contributed by atoms with Crippen LogP contribution in [0.2, 0.25) is 0 Å². The average Bonchev–Trinajstić information content (AvgIpc) is 2.83. The Balaban J connectivity index is 2.38. The molecular weight excluding hydrogens is 202 g/mol. The molecule has 1 unspecified atom stereocenters. The van der Waals surface area contributed by atoms with E-state index in [1.807, 2.05) is 35.5 Å². The largest absolute Gasteiger partial charge is 0.318 e. The summed E-state index contributed by atoms with van der Waals surface area (Å²) in [4.78, 5) is 0. The highest BCUT2D eigenvalue weighted by atomic mass is 15.3. The van der Waals surface area contributed by atoms with E-state index in [-0.39, 0.29) is 6.04 Å². The maximum atomic E-state index is 6.23. The SMILES string of the molecule is CCn1nccc1C(N)c1cc(C)nn1C. The van der Waals surface area contributed by atoms with Crippen LogP contribution in [0.25, 0.3) is 0 Å². The molecule has 0 amide bonds. The van der Waals surface area contributed by atoms with Crippen molar-refractivity contribution in [3.05, 3.63) is 35.4 Å². The summed E-state index contributed by atoms with van der Waals surface area (Å²) in [5.74, 6) is 0. The standard InChI is InChI=1S/C11H17N5/c1-4-16-9(5-6-13-16)11(12)10-7-8(2)14-15(10)3/h5-7,11H,4,12H2,1-3H3. The number of aryl methyl sites for hydroxylation is 3. The van der Waals surface area contributed by atoms with Crippen molar-refractivity contribution in [2.45, 2.75) is 26.4 Å². The second-order valence-electron chi connectivity index (χ2n) is 3.88. The van der Waals surface area contributed by atoms with Crippen molar-refractivity contribution in [1.82, 2.24) is 19.6 Å². The zero-order valence-electron chi connectivity index (χ0n) is 9.88.